The zero-order valence-electron chi connectivity index (χ0n) is 15.8. The van der Waals surface area contributed by atoms with E-state index in [0.29, 0.717) is 22.8 Å². The number of carbonyl (C=O) groups excluding carboxylic acids is 1. The van der Waals surface area contributed by atoms with Crippen LogP contribution in [0.5, 0.6) is 11.5 Å². The molecule has 1 heterocycles. The average Bonchev–Trinajstić information content (AvgIpc) is 2.74. The number of rotatable bonds is 8. The molecule has 0 unspecified atom stereocenters. The zero-order valence-corrected chi connectivity index (χ0v) is 15.8. The Labute approximate surface area is 166 Å². The number of benzene rings is 2. The first-order valence-electron chi connectivity index (χ1n) is 8.93. The number of hydrogen-bond donors (Lipinski definition) is 1. The lowest BCUT2D eigenvalue weighted by Gasteiger charge is -2.10. The Hall–Kier alpha value is -3.68. The third kappa shape index (κ3) is 5.65. The molecule has 1 N–H and O–H groups in total. The molecule has 0 fully saturated rings. The molecule has 0 bridgehead atoms. The fourth-order valence-corrected chi connectivity index (χ4v) is 2.58. The van der Waals surface area contributed by atoms with Crippen LogP contribution in [-0.2, 0) is 11.3 Å². The SMILES string of the molecule is COc1cccc(OCC(=O)NCCn2nc(-c3ccc(F)cc3)ccc2=O)c1. The van der Waals surface area contributed by atoms with Crippen LogP contribution in [0.15, 0.2) is 65.5 Å². The predicted octanol–water partition coefficient (Wildman–Crippen LogP) is 2.25. The van der Waals surface area contributed by atoms with Gasteiger partial charge in [0.2, 0.25) is 0 Å². The van der Waals surface area contributed by atoms with E-state index in [0.717, 1.165) is 0 Å². The van der Waals surface area contributed by atoms with Crippen molar-refractivity contribution in [2.45, 2.75) is 6.54 Å². The van der Waals surface area contributed by atoms with Crippen LogP contribution < -0.4 is 20.3 Å². The van der Waals surface area contributed by atoms with Gasteiger partial charge >= 0.3 is 0 Å². The average molecular weight is 397 g/mol. The smallest absolute Gasteiger partial charge is 0.266 e. The Morgan fingerprint density at radius 3 is 2.62 bits per heavy atom. The van der Waals surface area contributed by atoms with Gasteiger partial charge in [-0.2, -0.15) is 5.10 Å². The third-order valence-corrected chi connectivity index (χ3v) is 4.06. The standard InChI is InChI=1S/C21H20FN3O4/c1-28-17-3-2-4-18(13-17)29-14-20(26)23-11-12-25-21(27)10-9-19(24-25)15-5-7-16(22)8-6-15/h2-10,13H,11-12,14H2,1H3,(H,23,26). The van der Waals surface area contributed by atoms with Gasteiger partial charge in [-0.25, -0.2) is 9.07 Å². The number of hydrogen-bond acceptors (Lipinski definition) is 5. The molecular formula is C21H20FN3O4. The summed E-state index contributed by atoms with van der Waals surface area (Å²) < 4.78 is 24.8. The number of nitrogens with one attached hydrogen (secondary N) is 1. The van der Waals surface area contributed by atoms with Gasteiger partial charge in [-0.15, -0.1) is 0 Å². The third-order valence-electron chi connectivity index (χ3n) is 4.06. The lowest BCUT2D eigenvalue weighted by atomic mass is 10.1. The quantitative estimate of drug-likeness (QED) is 0.631. The summed E-state index contributed by atoms with van der Waals surface area (Å²) in [5.41, 5.74) is 0.936. The highest BCUT2D eigenvalue weighted by molar-refractivity contribution is 5.77. The molecule has 0 aliphatic carbocycles. The molecule has 0 saturated heterocycles. The topological polar surface area (TPSA) is 82.4 Å². The van der Waals surface area contributed by atoms with Gasteiger partial charge in [0.1, 0.15) is 17.3 Å². The molecule has 8 heteroatoms. The summed E-state index contributed by atoms with van der Waals surface area (Å²) in [6.07, 6.45) is 0. The fraction of sp³-hybridized carbons (Fsp3) is 0.190. The van der Waals surface area contributed by atoms with Crippen LogP contribution in [0.25, 0.3) is 11.3 Å². The Morgan fingerprint density at radius 2 is 1.86 bits per heavy atom. The van der Waals surface area contributed by atoms with E-state index in [1.807, 2.05) is 0 Å². The highest BCUT2D eigenvalue weighted by Crippen LogP contribution is 2.18. The van der Waals surface area contributed by atoms with Gasteiger partial charge in [-0.3, -0.25) is 9.59 Å². The second kappa shape index (κ2) is 9.50. The lowest BCUT2D eigenvalue weighted by molar-refractivity contribution is -0.123. The first kappa shape index (κ1) is 20.1. The van der Waals surface area contributed by atoms with Gasteiger partial charge in [0.25, 0.3) is 11.5 Å². The van der Waals surface area contributed by atoms with Crippen molar-refractivity contribution in [2.75, 3.05) is 20.3 Å². The van der Waals surface area contributed by atoms with E-state index in [1.165, 1.54) is 22.9 Å². The molecule has 0 saturated carbocycles. The van der Waals surface area contributed by atoms with E-state index >= 15 is 0 Å². The largest absolute Gasteiger partial charge is 0.497 e. The Bertz CT molecular complexity index is 1030. The van der Waals surface area contributed by atoms with E-state index in [9.17, 15) is 14.0 Å². The second-order valence-corrected chi connectivity index (χ2v) is 6.10. The molecule has 0 aliphatic rings. The summed E-state index contributed by atoms with van der Waals surface area (Å²) in [5.74, 6) is 0.482. The van der Waals surface area contributed by atoms with Gasteiger partial charge in [0.15, 0.2) is 6.61 Å². The van der Waals surface area contributed by atoms with Crippen LogP contribution in [0.1, 0.15) is 0 Å². The number of methoxy groups -OCH3 is 1. The number of carbonyl (C=O) groups is 1. The molecule has 3 aromatic rings. The maximum atomic E-state index is 13.1. The Balaban J connectivity index is 1.53. The first-order chi connectivity index (χ1) is 14.0. The van der Waals surface area contributed by atoms with Crippen molar-refractivity contribution < 1.29 is 18.7 Å². The minimum absolute atomic E-state index is 0.162. The molecule has 2 aromatic carbocycles. The monoisotopic (exact) mass is 397 g/mol. The van der Waals surface area contributed by atoms with Crippen LogP contribution in [0.3, 0.4) is 0 Å². The minimum atomic E-state index is -0.346. The summed E-state index contributed by atoms with van der Waals surface area (Å²) >= 11 is 0. The van der Waals surface area contributed by atoms with E-state index in [-0.39, 0.29) is 37.0 Å². The van der Waals surface area contributed by atoms with Crippen LogP contribution in [0.2, 0.25) is 0 Å². The number of nitrogens with zero attached hydrogens (tertiary/aromatic N) is 2. The molecule has 0 aliphatic heterocycles. The summed E-state index contributed by atoms with van der Waals surface area (Å²) in [4.78, 5) is 24.0. The molecule has 0 spiro atoms. The van der Waals surface area contributed by atoms with Crippen molar-refractivity contribution in [1.29, 1.82) is 0 Å². The molecule has 29 heavy (non-hydrogen) atoms. The Morgan fingerprint density at radius 1 is 1.10 bits per heavy atom. The van der Waals surface area contributed by atoms with Crippen molar-refractivity contribution >= 4 is 5.91 Å². The van der Waals surface area contributed by atoms with Gasteiger partial charge < -0.3 is 14.8 Å². The maximum absolute atomic E-state index is 13.1. The van der Waals surface area contributed by atoms with Gasteiger partial charge in [0, 0.05) is 24.2 Å². The molecule has 3 rings (SSSR count). The van der Waals surface area contributed by atoms with E-state index in [2.05, 4.69) is 10.4 Å². The fourth-order valence-electron chi connectivity index (χ4n) is 2.58. The molecule has 0 atom stereocenters. The summed E-state index contributed by atoms with van der Waals surface area (Å²) in [5, 5.41) is 6.95. The molecule has 0 radical (unpaired) electrons. The van der Waals surface area contributed by atoms with Crippen molar-refractivity contribution in [2.24, 2.45) is 0 Å². The molecule has 7 nitrogen and oxygen atoms in total. The maximum Gasteiger partial charge on any atom is 0.266 e. The highest BCUT2D eigenvalue weighted by atomic mass is 19.1. The minimum Gasteiger partial charge on any atom is -0.497 e. The highest BCUT2D eigenvalue weighted by Gasteiger charge is 2.06. The van der Waals surface area contributed by atoms with Crippen LogP contribution in [-0.4, -0.2) is 35.9 Å². The van der Waals surface area contributed by atoms with Crippen molar-refractivity contribution in [1.82, 2.24) is 15.1 Å². The van der Waals surface area contributed by atoms with Crippen LogP contribution in [0, 0.1) is 5.82 Å². The van der Waals surface area contributed by atoms with E-state index in [4.69, 9.17) is 9.47 Å². The summed E-state index contributed by atoms with van der Waals surface area (Å²) in [7, 11) is 1.55. The van der Waals surface area contributed by atoms with Crippen molar-refractivity contribution in [3.63, 3.8) is 0 Å². The van der Waals surface area contributed by atoms with Crippen LogP contribution in [0.4, 0.5) is 4.39 Å². The molecular weight excluding hydrogens is 377 g/mol. The molecule has 1 amide bonds. The van der Waals surface area contributed by atoms with Crippen LogP contribution >= 0.6 is 0 Å². The van der Waals surface area contributed by atoms with Gasteiger partial charge in [-0.05, 0) is 42.5 Å². The van der Waals surface area contributed by atoms with Gasteiger partial charge in [-0.1, -0.05) is 6.07 Å². The lowest BCUT2D eigenvalue weighted by Crippen LogP contribution is -2.34. The van der Waals surface area contributed by atoms with Gasteiger partial charge in [0.05, 0.1) is 19.3 Å². The summed E-state index contributed by atoms with van der Waals surface area (Å²) in [6.45, 7) is 0.240. The zero-order chi connectivity index (χ0) is 20.6. The predicted molar refractivity (Wildman–Crippen MR) is 105 cm³/mol. The number of amides is 1. The molecule has 1 aromatic heterocycles. The number of aromatic nitrogens is 2. The van der Waals surface area contributed by atoms with E-state index in [1.54, 1.807) is 49.6 Å². The van der Waals surface area contributed by atoms with Crippen molar-refractivity contribution in [3.8, 4) is 22.8 Å². The summed E-state index contributed by atoms with van der Waals surface area (Å²) in [6, 6.07) is 15.7. The van der Waals surface area contributed by atoms with Crippen molar-refractivity contribution in [3.05, 3.63) is 76.8 Å². The second-order valence-electron chi connectivity index (χ2n) is 6.10. The molecule has 150 valence electrons. The number of halogens is 1. The number of ether oxygens (including phenoxy) is 2. The van der Waals surface area contributed by atoms with E-state index < -0.39 is 0 Å². The first-order valence-corrected chi connectivity index (χ1v) is 8.93. The normalized spacial score (nSPS) is 10.4. The Kier molecular flexibility index (Phi) is 6.57.